The third-order valence-electron chi connectivity index (χ3n) is 7.43. The molecule has 2 aliphatic heterocycles. The normalized spacial score (nSPS) is 21.7. The molecule has 1 N–H and O–H groups in total. The molecule has 0 bridgehead atoms. The zero-order valence-electron chi connectivity index (χ0n) is 24.1. The van der Waals surface area contributed by atoms with Gasteiger partial charge in [0, 0.05) is 49.8 Å². The summed E-state index contributed by atoms with van der Waals surface area (Å²) in [6.45, 7) is 6.55. The summed E-state index contributed by atoms with van der Waals surface area (Å²) in [7, 11) is -0.658. The van der Waals surface area contributed by atoms with Gasteiger partial charge < -0.3 is 24.2 Å². The van der Waals surface area contributed by atoms with Gasteiger partial charge >= 0.3 is 0 Å². The first-order valence-corrected chi connectivity index (χ1v) is 15.2. The molecule has 2 aromatic rings. The van der Waals surface area contributed by atoms with Crippen LogP contribution in [0.5, 0.6) is 11.5 Å². The van der Waals surface area contributed by atoms with E-state index in [1.165, 1.54) is 10.4 Å². The topological polar surface area (TPSA) is 109 Å². The number of morpholine rings is 1. The smallest absolute Gasteiger partial charge is 0.247 e. The molecule has 0 saturated carbocycles. The molecule has 41 heavy (non-hydrogen) atoms. The van der Waals surface area contributed by atoms with Crippen molar-refractivity contribution in [2.24, 2.45) is 5.92 Å². The van der Waals surface area contributed by atoms with Gasteiger partial charge in [-0.2, -0.15) is 4.31 Å². The predicted molar refractivity (Wildman–Crippen MR) is 154 cm³/mol. The van der Waals surface area contributed by atoms with Crippen molar-refractivity contribution in [3.05, 3.63) is 53.6 Å². The van der Waals surface area contributed by atoms with E-state index in [1.54, 1.807) is 38.1 Å². The number of aliphatic hydroxyl groups is 1. The summed E-state index contributed by atoms with van der Waals surface area (Å²) in [5, 5.41) is 9.88. The number of hydrogen-bond acceptors (Lipinski definition) is 8. The van der Waals surface area contributed by atoms with Gasteiger partial charge in [0.1, 0.15) is 22.5 Å². The van der Waals surface area contributed by atoms with E-state index in [1.807, 2.05) is 31.2 Å². The van der Waals surface area contributed by atoms with Crippen molar-refractivity contribution in [2.45, 2.75) is 30.9 Å². The Bertz CT molecular complexity index is 1380. The number of fused-ring (bicyclic) bond motifs is 1. The second-order valence-electron chi connectivity index (χ2n) is 10.5. The molecule has 0 spiro atoms. The van der Waals surface area contributed by atoms with Crippen LogP contribution in [0, 0.1) is 17.8 Å². The van der Waals surface area contributed by atoms with Crippen molar-refractivity contribution in [1.82, 2.24) is 14.1 Å². The van der Waals surface area contributed by atoms with Gasteiger partial charge in [0.15, 0.2) is 0 Å². The summed E-state index contributed by atoms with van der Waals surface area (Å²) in [6.07, 6.45) is -0.502. The molecular formula is C30H39N3O7S. The lowest BCUT2D eigenvalue weighted by Crippen LogP contribution is -2.51. The highest BCUT2D eigenvalue weighted by atomic mass is 32.2. The van der Waals surface area contributed by atoms with Crippen LogP contribution in [0.3, 0.4) is 0 Å². The first-order chi connectivity index (χ1) is 19.6. The van der Waals surface area contributed by atoms with Gasteiger partial charge in [-0.3, -0.25) is 9.69 Å². The van der Waals surface area contributed by atoms with Gasteiger partial charge in [0.25, 0.3) is 0 Å². The Kier molecular flexibility index (Phi) is 10.3. The van der Waals surface area contributed by atoms with Crippen molar-refractivity contribution in [1.29, 1.82) is 0 Å². The molecule has 0 unspecified atom stereocenters. The zero-order chi connectivity index (χ0) is 29.6. The van der Waals surface area contributed by atoms with Crippen molar-refractivity contribution in [2.75, 3.05) is 66.7 Å². The van der Waals surface area contributed by atoms with Crippen LogP contribution in [0.2, 0.25) is 0 Å². The lowest BCUT2D eigenvalue weighted by molar-refractivity contribution is -0.133. The average molecular weight is 586 g/mol. The van der Waals surface area contributed by atoms with E-state index < -0.39 is 22.2 Å². The van der Waals surface area contributed by atoms with Crippen LogP contribution in [-0.2, 0) is 19.6 Å². The largest absolute Gasteiger partial charge is 0.497 e. The fourth-order valence-corrected chi connectivity index (χ4v) is 6.64. The number of rotatable bonds is 7. The molecule has 1 amide bonds. The molecule has 222 valence electrons. The number of methoxy groups -OCH3 is 1. The number of benzene rings is 2. The number of likely N-dealkylation sites (N-methyl/N-ethyl adjacent to an activating group) is 1. The number of amides is 1. The van der Waals surface area contributed by atoms with Crippen LogP contribution >= 0.6 is 0 Å². The Hall–Kier alpha value is -3.14. The maximum absolute atomic E-state index is 13.7. The second kappa shape index (κ2) is 13.7. The van der Waals surface area contributed by atoms with Crippen LogP contribution in [0.1, 0.15) is 25.0 Å². The Morgan fingerprint density at radius 2 is 1.88 bits per heavy atom. The Labute approximate surface area is 242 Å². The highest BCUT2D eigenvalue weighted by Crippen LogP contribution is 2.34. The summed E-state index contributed by atoms with van der Waals surface area (Å²) in [6, 6.07) is 11.5. The van der Waals surface area contributed by atoms with Crippen molar-refractivity contribution >= 4 is 15.9 Å². The van der Waals surface area contributed by atoms with Crippen molar-refractivity contribution < 1.29 is 32.5 Å². The van der Waals surface area contributed by atoms with E-state index in [-0.39, 0.29) is 48.7 Å². The standard InChI is InChI=1S/C30H39N3O7S/c1-22-18-33(23(2)21-34)41(36,37)29-11-10-25(9-8-24-6-5-7-26(16-24)38-4)17-27(29)40-28(22)19-31(3)30(35)20-32-12-14-39-15-13-32/h5-7,10-11,16-17,22-23,28,34H,12-15,18-21H2,1-4H3/t22-,23+,28+/m0/s1. The van der Waals surface area contributed by atoms with Crippen LogP contribution < -0.4 is 9.47 Å². The van der Waals surface area contributed by atoms with E-state index in [2.05, 4.69) is 16.7 Å². The predicted octanol–water partition coefficient (Wildman–Crippen LogP) is 1.65. The fraction of sp³-hybridized carbons (Fsp3) is 0.500. The van der Waals surface area contributed by atoms with Crippen molar-refractivity contribution in [3.63, 3.8) is 0 Å². The van der Waals surface area contributed by atoms with Gasteiger partial charge in [0.2, 0.25) is 15.9 Å². The van der Waals surface area contributed by atoms with Gasteiger partial charge in [-0.25, -0.2) is 8.42 Å². The molecule has 1 fully saturated rings. The Balaban J connectivity index is 1.65. The molecule has 3 atom stereocenters. The van der Waals surface area contributed by atoms with Gasteiger partial charge in [-0.05, 0) is 43.3 Å². The molecule has 1 saturated heterocycles. The minimum Gasteiger partial charge on any atom is -0.497 e. The molecule has 10 nitrogen and oxygen atoms in total. The molecule has 2 aliphatic rings. The van der Waals surface area contributed by atoms with Crippen LogP contribution in [-0.4, -0.2) is 112 Å². The number of hydrogen-bond donors (Lipinski definition) is 1. The van der Waals surface area contributed by atoms with Crippen LogP contribution in [0.25, 0.3) is 0 Å². The quantitative estimate of drug-likeness (QED) is 0.489. The molecular weight excluding hydrogens is 546 g/mol. The van der Waals surface area contributed by atoms with Gasteiger partial charge in [-0.15, -0.1) is 0 Å². The third kappa shape index (κ3) is 7.58. The molecule has 4 rings (SSSR count). The van der Waals surface area contributed by atoms with Crippen LogP contribution in [0.4, 0.5) is 0 Å². The Morgan fingerprint density at radius 3 is 2.56 bits per heavy atom. The minimum absolute atomic E-state index is 0.00364. The maximum Gasteiger partial charge on any atom is 0.247 e. The lowest BCUT2D eigenvalue weighted by atomic mass is 10.0. The first kappa shape index (κ1) is 30.8. The van der Waals surface area contributed by atoms with E-state index in [9.17, 15) is 18.3 Å². The summed E-state index contributed by atoms with van der Waals surface area (Å²) in [4.78, 5) is 16.8. The summed E-state index contributed by atoms with van der Waals surface area (Å²) < 4.78 is 45.9. The first-order valence-electron chi connectivity index (χ1n) is 13.8. The average Bonchev–Trinajstić information content (AvgIpc) is 2.97. The molecule has 0 radical (unpaired) electrons. The van der Waals surface area contributed by atoms with E-state index in [0.29, 0.717) is 37.6 Å². The maximum atomic E-state index is 13.7. The highest BCUT2D eigenvalue weighted by Gasteiger charge is 2.38. The lowest BCUT2D eigenvalue weighted by Gasteiger charge is -2.38. The van der Waals surface area contributed by atoms with E-state index >= 15 is 0 Å². The fourth-order valence-electron chi connectivity index (χ4n) is 4.81. The summed E-state index contributed by atoms with van der Waals surface area (Å²) in [5.41, 5.74) is 1.33. The third-order valence-corrected chi connectivity index (χ3v) is 9.45. The van der Waals surface area contributed by atoms with Crippen LogP contribution in [0.15, 0.2) is 47.4 Å². The number of sulfonamides is 1. The molecule has 11 heteroatoms. The molecule has 0 aromatic heterocycles. The SMILES string of the molecule is COc1cccc(C#Cc2ccc3c(c2)O[C@H](CN(C)C(=O)CN2CCOCC2)[C@@H](C)CN([C@H](C)CO)S3(=O)=O)c1. The monoisotopic (exact) mass is 585 g/mol. The molecule has 2 aromatic carbocycles. The minimum atomic E-state index is -3.98. The number of carbonyl (C=O) groups is 1. The van der Waals surface area contributed by atoms with E-state index in [0.717, 1.165) is 5.56 Å². The highest BCUT2D eigenvalue weighted by molar-refractivity contribution is 7.89. The number of nitrogens with zero attached hydrogens (tertiary/aromatic N) is 3. The van der Waals surface area contributed by atoms with E-state index in [4.69, 9.17) is 14.2 Å². The number of ether oxygens (including phenoxy) is 3. The summed E-state index contributed by atoms with van der Waals surface area (Å²) >= 11 is 0. The molecule has 0 aliphatic carbocycles. The molecule has 2 heterocycles. The Morgan fingerprint density at radius 1 is 1.17 bits per heavy atom. The second-order valence-corrected chi connectivity index (χ2v) is 12.4. The number of aliphatic hydroxyl groups excluding tert-OH is 1. The zero-order valence-corrected chi connectivity index (χ0v) is 24.9. The van der Waals surface area contributed by atoms with Gasteiger partial charge in [0.05, 0.1) is 40.0 Å². The number of carbonyl (C=O) groups excluding carboxylic acids is 1. The van der Waals surface area contributed by atoms with Gasteiger partial charge in [-0.1, -0.05) is 24.8 Å². The van der Waals surface area contributed by atoms with Crippen molar-refractivity contribution in [3.8, 4) is 23.3 Å². The summed E-state index contributed by atoms with van der Waals surface area (Å²) in [5.74, 6) is 6.71.